The van der Waals surface area contributed by atoms with Crippen LogP contribution in [-0.4, -0.2) is 29.9 Å². The van der Waals surface area contributed by atoms with E-state index in [1.165, 1.54) is 0 Å². The number of piperidine rings is 1. The van der Waals surface area contributed by atoms with Crippen LogP contribution in [0.1, 0.15) is 24.8 Å². The van der Waals surface area contributed by atoms with Crippen LogP contribution in [0.2, 0.25) is 10.0 Å². The van der Waals surface area contributed by atoms with Crippen molar-refractivity contribution < 1.29 is 14.3 Å². The Bertz CT molecular complexity index is 842. The molecule has 1 fully saturated rings. The lowest BCUT2D eigenvalue weighted by molar-refractivity contribution is -0.133. The van der Waals surface area contributed by atoms with Crippen molar-refractivity contribution in [1.29, 1.82) is 0 Å². The standard InChI is InChI=1S/C20H20Cl2N2O3/c21-15-7-8-18(17(22)11-15)27-13-19(25)23-16-5-3-4-14(10-16)12-24-9-2-1-6-20(24)26/h3-5,7-8,10-11H,1-2,6,9,12-13H2,(H,23,25). The molecule has 0 bridgehead atoms. The summed E-state index contributed by atoms with van der Waals surface area (Å²) < 4.78 is 5.44. The van der Waals surface area contributed by atoms with Gasteiger partial charge in [0.2, 0.25) is 5.91 Å². The number of carbonyl (C=O) groups excluding carboxylic acids is 2. The number of hydrogen-bond donors (Lipinski definition) is 1. The third kappa shape index (κ3) is 5.62. The third-order valence-electron chi connectivity index (χ3n) is 4.26. The van der Waals surface area contributed by atoms with Crippen molar-refractivity contribution in [1.82, 2.24) is 4.90 Å². The van der Waals surface area contributed by atoms with E-state index in [1.54, 1.807) is 24.3 Å². The van der Waals surface area contributed by atoms with Crippen molar-refractivity contribution in [2.24, 2.45) is 0 Å². The minimum Gasteiger partial charge on any atom is -0.482 e. The monoisotopic (exact) mass is 406 g/mol. The molecule has 2 aromatic rings. The second kappa shape index (κ2) is 9.11. The quantitative estimate of drug-likeness (QED) is 0.766. The number of benzene rings is 2. The molecule has 0 unspecified atom stereocenters. The van der Waals surface area contributed by atoms with E-state index in [-0.39, 0.29) is 18.4 Å². The van der Waals surface area contributed by atoms with Crippen LogP contribution >= 0.6 is 23.2 Å². The average Bonchev–Trinajstić information content (AvgIpc) is 2.63. The summed E-state index contributed by atoms with van der Waals surface area (Å²) >= 11 is 11.9. The molecular weight excluding hydrogens is 387 g/mol. The van der Waals surface area contributed by atoms with Gasteiger partial charge in [-0.05, 0) is 48.7 Å². The smallest absolute Gasteiger partial charge is 0.262 e. The maximum Gasteiger partial charge on any atom is 0.262 e. The van der Waals surface area contributed by atoms with Crippen LogP contribution in [0.3, 0.4) is 0 Å². The van der Waals surface area contributed by atoms with E-state index >= 15 is 0 Å². The maximum absolute atomic E-state index is 12.1. The summed E-state index contributed by atoms with van der Waals surface area (Å²) in [4.78, 5) is 26.0. The van der Waals surface area contributed by atoms with Gasteiger partial charge in [0, 0.05) is 30.2 Å². The fourth-order valence-corrected chi connectivity index (χ4v) is 3.39. The van der Waals surface area contributed by atoms with Crippen LogP contribution in [0.25, 0.3) is 0 Å². The fraction of sp³-hybridized carbons (Fsp3) is 0.300. The maximum atomic E-state index is 12.1. The number of ether oxygens (including phenoxy) is 1. The van der Waals surface area contributed by atoms with Crippen molar-refractivity contribution >= 4 is 40.7 Å². The van der Waals surface area contributed by atoms with Gasteiger partial charge < -0.3 is 15.0 Å². The lowest BCUT2D eigenvalue weighted by Crippen LogP contribution is -2.34. The van der Waals surface area contributed by atoms with Gasteiger partial charge >= 0.3 is 0 Å². The molecule has 0 saturated carbocycles. The van der Waals surface area contributed by atoms with Crippen LogP contribution in [-0.2, 0) is 16.1 Å². The SMILES string of the molecule is O=C(COc1ccc(Cl)cc1Cl)Nc1cccc(CN2CCCCC2=O)c1. The average molecular weight is 407 g/mol. The van der Waals surface area contributed by atoms with Gasteiger partial charge in [0.25, 0.3) is 5.91 Å². The number of nitrogens with one attached hydrogen (secondary N) is 1. The summed E-state index contributed by atoms with van der Waals surface area (Å²) in [6, 6.07) is 12.3. The van der Waals surface area contributed by atoms with E-state index < -0.39 is 0 Å². The van der Waals surface area contributed by atoms with Gasteiger partial charge in [-0.15, -0.1) is 0 Å². The van der Waals surface area contributed by atoms with Crippen LogP contribution in [0, 0.1) is 0 Å². The lowest BCUT2D eigenvalue weighted by atomic mass is 10.1. The van der Waals surface area contributed by atoms with Crippen LogP contribution in [0.4, 0.5) is 5.69 Å². The zero-order chi connectivity index (χ0) is 19.2. The molecule has 5 nitrogen and oxygen atoms in total. The first kappa shape index (κ1) is 19.5. The Morgan fingerprint density at radius 2 is 2.00 bits per heavy atom. The highest BCUT2D eigenvalue weighted by atomic mass is 35.5. The molecule has 1 saturated heterocycles. The highest BCUT2D eigenvalue weighted by Crippen LogP contribution is 2.27. The molecule has 0 spiro atoms. The van der Waals surface area contributed by atoms with Crippen LogP contribution in [0.15, 0.2) is 42.5 Å². The topological polar surface area (TPSA) is 58.6 Å². The van der Waals surface area contributed by atoms with E-state index in [0.29, 0.717) is 34.4 Å². The van der Waals surface area contributed by atoms with E-state index in [0.717, 1.165) is 24.9 Å². The first-order valence-corrected chi connectivity index (χ1v) is 9.51. The van der Waals surface area contributed by atoms with Gasteiger partial charge in [0.15, 0.2) is 6.61 Å². The Balaban J connectivity index is 1.55. The van der Waals surface area contributed by atoms with Gasteiger partial charge in [-0.2, -0.15) is 0 Å². The first-order valence-electron chi connectivity index (χ1n) is 8.76. The van der Waals surface area contributed by atoms with E-state index in [9.17, 15) is 9.59 Å². The molecule has 1 aliphatic heterocycles. The third-order valence-corrected chi connectivity index (χ3v) is 4.79. The van der Waals surface area contributed by atoms with Crippen molar-refractivity contribution in [2.45, 2.75) is 25.8 Å². The van der Waals surface area contributed by atoms with Gasteiger partial charge in [-0.3, -0.25) is 9.59 Å². The lowest BCUT2D eigenvalue weighted by Gasteiger charge is -2.26. The second-order valence-electron chi connectivity index (χ2n) is 6.38. The minimum atomic E-state index is -0.299. The second-order valence-corrected chi connectivity index (χ2v) is 7.23. The van der Waals surface area contributed by atoms with Crippen molar-refractivity contribution in [2.75, 3.05) is 18.5 Å². The number of likely N-dealkylation sites (tertiary alicyclic amines) is 1. The van der Waals surface area contributed by atoms with Gasteiger partial charge in [0.05, 0.1) is 5.02 Å². The molecule has 0 radical (unpaired) electrons. The molecule has 0 atom stereocenters. The Labute approximate surface area is 168 Å². The summed E-state index contributed by atoms with van der Waals surface area (Å²) in [5, 5.41) is 3.65. The van der Waals surface area contributed by atoms with Crippen LogP contribution in [0.5, 0.6) is 5.75 Å². The molecule has 142 valence electrons. The predicted molar refractivity (Wildman–Crippen MR) is 106 cm³/mol. The van der Waals surface area contributed by atoms with Gasteiger partial charge in [0.1, 0.15) is 5.75 Å². The summed E-state index contributed by atoms with van der Waals surface area (Å²) in [6.07, 6.45) is 2.61. The Kier molecular flexibility index (Phi) is 6.58. The number of halogens is 2. The molecule has 0 aliphatic carbocycles. The number of carbonyl (C=O) groups is 2. The Hall–Kier alpha value is -2.24. The van der Waals surface area contributed by atoms with Crippen molar-refractivity contribution in [3.8, 4) is 5.75 Å². The molecule has 1 N–H and O–H groups in total. The number of nitrogens with zero attached hydrogens (tertiary/aromatic N) is 1. The number of hydrogen-bond acceptors (Lipinski definition) is 3. The summed E-state index contributed by atoms with van der Waals surface area (Å²) in [6.45, 7) is 1.17. The molecular formula is C20H20Cl2N2O3. The fourth-order valence-electron chi connectivity index (χ4n) is 2.93. The molecule has 27 heavy (non-hydrogen) atoms. The largest absolute Gasteiger partial charge is 0.482 e. The van der Waals surface area contributed by atoms with Gasteiger partial charge in [-0.1, -0.05) is 35.3 Å². The highest BCUT2D eigenvalue weighted by Gasteiger charge is 2.18. The Morgan fingerprint density at radius 1 is 1.15 bits per heavy atom. The molecule has 1 aliphatic rings. The molecule has 7 heteroatoms. The zero-order valence-electron chi connectivity index (χ0n) is 14.7. The number of rotatable bonds is 6. The summed E-state index contributed by atoms with van der Waals surface area (Å²) in [5.41, 5.74) is 1.64. The first-order chi connectivity index (χ1) is 13.0. The summed E-state index contributed by atoms with van der Waals surface area (Å²) in [5.74, 6) is 0.282. The van der Waals surface area contributed by atoms with E-state index in [2.05, 4.69) is 5.32 Å². The van der Waals surface area contributed by atoms with E-state index in [1.807, 2.05) is 23.1 Å². The van der Waals surface area contributed by atoms with Crippen LogP contribution < -0.4 is 10.1 Å². The normalized spacial score (nSPS) is 14.1. The Morgan fingerprint density at radius 3 is 2.78 bits per heavy atom. The zero-order valence-corrected chi connectivity index (χ0v) is 16.2. The predicted octanol–water partition coefficient (Wildman–Crippen LogP) is 4.52. The van der Waals surface area contributed by atoms with E-state index in [4.69, 9.17) is 27.9 Å². The number of anilines is 1. The molecule has 3 rings (SSSR count). The summed E-state index contributed by atoms with van der Waals surface area (Å²) in [7, 11) is 0. The molecule has 2 amide bonds. The number of amides is 2. The molecule has 2 aromatic carbocycles. The highest BCUT2D eigenvalue weighted by molar-refractivity contribution is 6.35. The molecule has 1 heterocycles. The van der Waals surface area contributed by atoms with Crippen molar-refractivity contribution in [3.63, 3.8) is 0 Å². The molecule has 0 aromatic heterocycles. The van der Waals surface area contributed by atoms with Crippen molar-refractivity contribution in [3.05, 3.63) is 58.1 Å². The minimum absolute atomic E-state index is 0.170. The van der Waals surface area contributed by atoms with Gasteiger partial charge in [-0.25, -0.2) is 0 Å².